The molecule has 0 fully saturated rings. The van der Waals surface area contributed by atoms with Gasteiger partial charge in [0.1, 0.15) is 0 Å². The number of guanidine groups is 1. The maximum atomic E-state index is 11.8. The van der Waals surface area contributed by atoms with Crippen molar-refractivity contribution in [1.82, 2.24) is 20.9 Å². The van der Waals surface area contributed by atoms with Gasteiger partial charge >= 0.3 is 0 Å². The van der Waals surface area contributed by atoms with Crippen LogP contribution in [-0.4, -0.2) is 43.5 Å². The fourth-order valence-corrected chi connectivity index (χ4v) is 3.31. The number of nitrogens with one attached hydrogen (secondary N) is 4. The second-order valence-electron chi connectivity index (χ2n) is 6.83. The number of carbonyl (C=O) groups excluding carboxylic acids is 1. The Hall–Kier alpha value is -2.55. The van der Waals surface area contributed by atoms with Gasteiger partial charge in [-0.25, -0.2) is 0 Å². The summed E-state index contributed by atoms with van der Waals surface area (Å²) in [6.45, 7) is 4.33. The fourth-order valence-electron chi connectivity index (χ4n) is 3.31. The van der Waals surface area contributed by atoms with Gasteiger partial charge in [-0.15, -0.1) is 24.0 Å². The quantitative estimate of drug-likeness (QED) is 0.209. The molecule has 0 aliphatic heterocycles. The molecule has 7 heteroatoms. The molecule has 0 aliphatic carbocycles. The van der Waals surface area contributed by atoms with Crippen molar-refractivity contribution in [2.75, 3.05) is 26.7 Å². The van der Waals surface area contributed by atoms with Crippen LogP contribution in [0.2, 0.25) is 0 Å². The molecule has 0 spiro atoms. The third kappa shape index (κ3) is 6.48. The summed E-state index contributed by atoms with van der Waals surface area (Å²) in [7, 11) is 1.64. The number of para-hydroxylation sites is 1. The van der Waals surface area contributed by atoms with Crippen LogP contribution in [0.1, 0.15) is 28.4 Å². The molecule has 2 aromatic carbocycles. The number of halogens is 1. The number of hydrogen-bond donors (Lipinski definition) is 4. The van der Waals surface area contributed by atoms with Gasteiger partial charge < -0.3 is 20.9 Å². The number of H-pyrrole nitrogens is 1. The molecule has 0 saturated heterocycles. The van der Waals surface area contributed by atoms with E-state index in [1.165, 1.54) is 10.9 Å². The lowest BCUT2D eigenvalue weighted by Crippen LogP contribution is -2.38. The largest absolute Gasteiger partial charge is 0.361 e. The van der Waals surface area contributed by atoms with E-state index in [9.17, 15) is 4.79 Å². The van der Waals surface area contributed by atoms with Crippen molar-refractivity contribution in [3.05, 3.63) is 71.4 Å². The van der Waals surface area contributed by atoms with Gasteiger partial charge in [-0.1, -0.05) is 30.3 Å². The van der Waals surface area contributed by atoms with Gasteiger partial charge in [0, 0.05) is 49.3 Å². The highest BCUT2D eigenvalue weighted by molar-refractivity contribution is 14.0. The first-order valence-corrected chi connectivity index (χ1v) is 10.1. The van der Waals surface area contributed by atoms with Crippen molar-refractivity contribution in [3.8, 4) is 0 Å². The summed E-state index contributed by atoms with van der Waals surface area (Å²) in [5.74, 6) is 0.752. The zero-order valence-corrected chi connectivity index (χ0v) is 19.8. The summed E-state index contributed by atoms with van der Waals surface area (Å²) in [6.07, 6.45) is 3.77. The summed E-state index contributed by atoms with van der Waals surface area (Å²) in [6, 6.07) is 16.0. The number of rotatable bonds is 8. The third-order valence-electron chi connectivity index (χ3n) is 4.79. The van der Waals surface area contributed by atoms with Gasteiger partial charge in [0.05, 0.1) is 0 Å². The lowest BCUT2D eigenvalue weighted by atomic mass is 10.1. The SMILES string of the molecule is CCNC(=NCCc1c[nH]c2ccccc12)NCCc1cccc(C(=O)NC)c1.I. The van der Waals surface area contributed by atoms with Crippen molar-refractivity contribution < 1.29 is 4.79 Å². The van der Waals surface area contributed by atoms with Gasteiger partial charge in [0.25, 0.3) is 5.91 Å². The zero-order valence-electron chi connectivity index (χ0n) is 17.5. The average molecular weight is 519 g/mol. The maximum absolute atomic E-state index is 11.8. The average Bonchev–Trinajstić information content (AvgIpc) is 3.16. The minimum Gasteiger partial charge on any atom is -0.361 e. The number of benzene rings is 2. The molecule has 0 bridgehead atoms. The number of aliphatic imine (C=N–C) groups is 1. The normalized spacial score (nSPS) is 11.1. The first-order valence-electron chi connectivity index (χ1n) is 10.1. The van der Waals surface area contributed by atoms with Gasteiger partial charge in [-0.2, -0.15) is 0 Å². The van der Waals surface area contributed by atoms with Crippen LogP contribution in [0.3, 0.4) is 0 Å². The Morgan fingerprint density at radius 3 is 2.70 bits per heavy atom. The summed E-state index contributed by atoms with van der Waals surface area (Å²) in [5.41, 5.74) is 4.25. The topological polar surface area (TPSA) is 81.3 Å². The fraction of sp³-hybridized carbons (Fsp3) is 0.304. The predicted molar refractivity (Wildman–Crippen MR) is 135 cm³/mol. The molecule has 0 saturated carbocycles. The first-order chi connectivity index (χ1) is 14.2. The van der Waals surface area contributed by atoms with E-state index < -0.39 is 0 Å². The van der Waals surface area contributed by atoms with Crippen molar-refractivity contribution in [3.63, 3.8) is 0 Å². The van der Waals surface area contributed by atoms with Crippen molar-refractivity contribution in [2.45, 2.75) is 19.8 Å². The van der Waals surface area contributed by atoms with E-state index >= 15 is 0 Å². The van der Waals surface area contributed by atoms with Crippen LogP contribution in [-0.2, 0) is 12.8 Å². The molecule has 3 aromatic rings. The van der Waals surface area contributed by atoms with E-state index in [1.54, 1.807) is 7.05 Å². The second kappa shape index (κ2) is 12.2. The molecular formula is C23H30IN5O. The predicted octanol–water partition coefficient (Wildman–Crippen LogP) is 3.49. The van der Waals surface area contributed by atoms with E-state index in [-0.39, 0.29) is 29.9 Å². The number of nitrogens with zero attached hydrogens (tertiary/aromatic N) is 1. The molecule has 1 aromatic heterocycles. The molecule has 6 nitrogen and oxygen atoms in total. The molecule has 1 heterocycles. The van der Waals surface area contributed by atoms with Crippen LogP contribution < -0.4 is 16.0 Å². The van der Waals surface area contributed by atoms with E-state index in [2.05, 4.69) is 52.3 Å². The Kier molecular flexibility index (Phi) is 9.66. The second-order valence-corrected chi connectivity index (χ2v) is 6.83. The Morgan fingerprint density at radius 2 is 1.90 bits per heavy atom. The molecule has 0 unspecified atom stereocenters. The first kappa shape index (κ1) is 23.7. The summed E-state index contributed by atoms with van der Waals surface area (Å²) < 4.78 is 0. The van der Waals surface area contributed by atoms with Crippen molar-refractivity contribution >= 4 is 46.7 Å². The molecular weight excluding hydrogens is 489 g/mol. The summed E-state index contributed by atoms with van der Waals surface area (Å²) >= 11 is 0. The Labute approximate surface area is 195 Å². The number of aromatic amines is 1. The van der Waals surface area contributed by atoms with Crippen molar-refractivity contribution in [2.24, 2.45) is 4.99 Å². The highest BCUT2D eigenvalue weighted by Gasteiger charge is 2.05. The molecule has 160 valence electrons. The van der Waals surface area contributed by atoms with Crippen LogP contribution >= 0.6 is 24.0 Å². The monoisotopic (exact) mass is 519 g/mol. The van der Waals surface area contributed by atoms with Crippen LogP contribution in [0, 0.1) is 0 Å². The lowest BCUT2D eigenvalue weighted by Gasteiger charge is -2.11. The van der Waals surface area contributed by atoms with E-state index in [1.807, 2.05) is 30.3 Å². The smallest absolute Gasteiger partial charge is 0.251 e. The van der Waals surface area contributed by atoms with E-state index in [4.69, 9.17) is 4.99 Å². The molecule has 1 amide bonds. The number of aromatic nitrogens is 1. The van der Waals surface area contributed by atoms with Gasteiger partial charge in [0.2, 0.25) is 0 Å². The van der Waals surface area contributed by atoms with Gasteiger partial charge in [0.15, 0.2) is 5.96 Å². The highest BCUT2D eigenvalue weighted by Crippen LogP contribution is 2.17. The third-order valence-corrected chi connectivity index (χ3v) is 4.79. The van der Waals surface area contributed by atoms with Gasteiger partial charge in [-0.05, 0) is 49.1 Å². The van der Waals surface area contributed by atoms with Crippen LogP contribution in [0.25, 0.3) is 10.9 Å². The van der Waals surface area contributed by atoms with Crippen LogP contribution in [0.5, 0.6) is 0 Å². The molecule has 0 radical (unpaired) electrons. The zero-order chi connectivity index (χ0) is 20.5. The number of hydrogen-bond acceptors (Lipinski definition) is 2. The number of carbonyl (C=O) groups is 1. The molecule has 3 rings (SSSR count). The number of fused-ring (bicyclic) bond motifs is 1. The van der Waals surface area contributed by atoms with E-state index in [0.29, 0.717) is 12.1 Å². The Morgan fingerprint density at radius 1 is 1.07 bits per heavy atom. The van der Waals surface area contributed by atoms with E-state index in [0.717, 1.165) is 43.0 Å². The molecule has 0 aliphatic rings. The highest BCUT2D eigenvalue weighted by atomic mass is 127. The van der Waals surface area contributed by atoms with Gasteiger partial charge in [-0.3, -0.25) is 9.79 Å². The minimum absolute atomic E-state index is 0. The minimum atomic E-state index is -0.0630. The standard InChI is InChI=1S/C23H29N5O.HI/c1-3-25-23(26-13-11-17-7-6-8-18(15-17)22(29)24-2)27-14-12-19-16-28-21-10-5-4-9-20(19)21;/h4-10,15-16,28H,3,11-14H2,1-2H3,(H,24,29)(H2,25,26,27);1H. The van der Waals surface area contributed by atoms with Crippen LogP contribution in [0.15, 0.2) is 59.7 Å². The maximum Gasteiger partial charge on any atom is 0.251 e. The molecule has 4 N–H and O–H groups in total. The number of amides is 1. The summed E-state index contributed by atoms with van der Waals surface area (Å²) in [5, 5.41) is 10.6. The summed E-state index contributed by atoms with van der Waals surface area (Å²) in [4.78, 5) is 19.8. The lowest BCUT2D eigenvalue weighted by molar-refractivity contribution is 0.0963. The Bertz CT molecular complexity index is 982. The Balaban J connectivity index is 0.00000320. The molecule has 0 atom stereocenters. The van der Waals surface area contributed by atoms with Crippen molar-refractivity contribution in [1.29, 1.82) is 0 Å². The molecule has 30 heavy (non-hydrogen) atoms. The van der Waals surface area contributed by atoms with Crippen LogP contribution in [0.4, 0.5) is 0 Å².